The number of rotatable bonds is 6. The third-order valence-corrected chi connectivity index (χ3v) is 3.74. The highest BCUT2D eigenvalue weighted by molar-refractivity contribution is 5.67. The van der Waals surface area contributed by atoms with Gasteiger partial charge in [-0.1, -0.05) is 31.2 Å². The van der Waals surface area contributed by atoms with Crippen LogP contribution in [-0.2, 0) is 6.54 Å². The van der Waals surface area contributed by atoms with E-state index < -0.39 is 0 Å². The molecule has 1 unspecified atom stereocenters. The van der Waals surface area contributed by atoms with E-state index in [4.69, 9.17) is 5.73 Å². The molecule has 0 fully saturated rings. The number of nitrogens with two attached hydrogens (primary N) is 1. The van der Waals surface area contributed by atoms with E-state index >= 15 is 0 Å². The van der Waals surface area contributed by atoms with E-state index in [-0.39, 0.29) is 0 Å². The summed E-state index contributed by atoms with van der Waals surface area (Å²) in [6, 6.07) is 10.8. The highest BCUT2D eigenvalue weighted by Crippen LogP contribution is 2.27. The minimum Gasteiger partial charge on any atom is -0.330 e. The third-order valence-electron chi connectivity index (χ3n) is 3.74. The summed E-state index contributed by atoms with van der Waals surface area (Å²) >= 11 is 0. The van der Waals surface area contributed by atoms with Crippen LogP contribution in [0.5, 0.6) is 0 Å². The van der Waals surface area contributed by atoms with E-state index in [1.807, 2.05) is 12.4 Å². The highest BCUT2D eigenvalue weighted by atomic mass is 15.0. The Morgan fingerprint density at radius 3 is 2.67 bits per heavy atom. The maximum atomic E-state index is 5.67. The Balaban J connectivity index is 2.36. The largest absolute Gasteiger partial charge is 0.330 e. The van der Waals surface area contributed by atoms with Gasteiger partial charge in [0.2, 0.25) is 0 Å². The van der Waals surface area contributed by atoms with E-state index in [1.165, 1.54) is 22.3 Å². The Morgan fingerprint density at radius 2 is 1.95 bits per heavy atom. The van der Waals surface area contributed by atoms with Crippen molar-refractivity contribution >= 4 is 0 Å². The molecule has 1 aromatic carbocycles. The first-order chi connectivity index (χ1) is 10.1. The van der Waals surface area contributed by atoms with Gasteiger partial charge in [0.15, 0.2) is 0 Å². The van der Waals surface area contributed by atoms with Crippen molar-refractivity contribution in [2.24, 2.45) is 5.73 Å². The molecule has 0 bridgehead atoms. The molecule has 1 heterocycles. The molecule has 1 atom stereocenters. The molecule has 2 aromatic rings. The maximum Gasteiger partial charge on any atom is 0.0346 e. The fourth-order valence-electron chi connectivity index (χ4n) is 2.57. The van der Waals surface area contributed by atoms with E-state index in [9.17, 15) is 0 Å². The molecule has 2 rings (SSSR count). The second-order valence-corrected chi connectivity index (χ2v) is 5.88. The summed E-state index contributed by atoms with van der Waals surface area (Å²) in [5, 5.41) is 0. The summed E-state index contributed by atoms with van der Waals surface area (Å²) in [6.45, 7) is 3.85. The van der Waals surface area contributed by atoms with Crippen molar-refractivity contribution in [2.75, 3.05) is 20.6 Å². The molecule has 3 heteroatoms. The lowest BCUT2D eigenvalue weighted by atomic mass is 9.94. The van der Waals surface area contributed by atoms with E-state index in [2.05, 4.69) is 61.2 Å². The average molecular weight is 283 g/mol. The Labute approximate surface area is 127 Å². The molecule has 0 aliphatic heterocycles. The zero-order chi connectivity index (χ0) is 15.2. The molecular formula is C18H25N3. The molecule has 112 valence electrons. The fourth-order valence-corrected chi connectivity index (χ4v) is 2.57. The molecule has 0 spiro atoms. The van der Waals surface area contributed by atoms with Gasteiger partial charge in [0.25, 0.3) is 0 Å². The van der Waals surface area contributed by atoms with Gasteiger partial charge in [-0.3, -0.25) is 4.98 Å². The molecule has 0 radical (unpaired) electrons. The van der Waals surface area contributed by atoms with Crippen molar-refractivity contribution in [2.45, 2.75) is 25.8 Å². The van der Waals surface area contributed by atoms with Crippen molar-refractivity contribution in [1.29, 1.82) is 0 Å². The lowest BCUT2D eigenvalue weighted by Gasteiger charge is -2.16. The van der Waals surface area contributed by atoms with Crippen LogP contribution >= 0.6 is 0 Å². The summed E-state index contributed by atoms with van der Waals surface area (Å²) in [6.07, 6.45) is 4.90. The Kier molecular flexibility index (Phi) is 5.48. The van der Waals surface area contributed by atoms with Crippen LogP contribution in [0.1, 0.15) is 30.4 Å². The van der Waals surface area contributed by atoms with Crippen molar-refractivity contribution in [3.8, 4) is 11.1 Å². The normalized spacial score (nSPS) is 12.6. The first-order valence-corrected chi connectivity index (χ1v) is 7.50. The van der Waals surface area contributed by atoms with Crippen LogP contribution in [0.3, 0.4) is 0 Å². The summed E-state index contributed by atoms with van der Waals surface area (Å²) < 4.78 is 0. The van der Waals surface area contributed by atoms with Gasteiger partial charge in [-0.15, -0.1) is 0 Å². The Hall–Kier alpha value is -1.71. The van der Waals surface area contributed by atoms with Crippen LogP contribution < -0.4 is 5.73 Å². The fraction of sp³-hybridized carbons (Fsp3) is 0.389. The smallest absolute Gasteiger partial charge is 0.0346 e. The van der Waals surface area contributed by atoms with Crippen molar-refractivity contribution in [1.82, 2.24) is 9.88 Å². The first-order valence-electron chi connectivity index (χ1n) is 7.50. The standard InChI is InChI=1S/C18H25N3/c1-14(8-9-19)16-10-17(12-20-11-16)18-7-5-4-6-15(18)13-21(2)3/h4-7,10-12,14H,8-9,13,19H2,1-3H3. The predicted molar refractivity (Wildman–Crippen MR) is 89.2 cm³/mol. The number of hydrogen-bond donors (Lipinski definition) is 1. The zero-order valence-electron chi connectivity index (χ0n) is 13.2. The van der Waals surface area contributed by atoms with Gasteiger partial charge in [0, 0.05) is 24.5 Å². The molecule has 0 amide bonds. The maximum absolute atomic E-state index is 5.67. The van der Waals surface area contributed by atoms with Crippen LogP contribution in [0.4, 0.5) is 0 Å². The molecule has 0 saturated heterocycles. The molecule has 0 aliphatic carbocycles. The third kappa shape index (κ3) is 4.13. The summed E-state index contributed by atoms with van der Waals surface area (Å²) in [4.78, 5) is 6.62. The number of hydrogen-bond acceptors (Lipinski definition) is 3. The molecule has 21 heavy (non-hydrogen) atoms. The molecule has 0 saturated carbocycles. The van der Waals surface area contributed by atoms with E-state index in [1.54, 1.807) is 0 Å². The van der Waals surface area contributed by atoms with Gasteiger partial charge in [-0.25, -0.2) is 0 Å². The number of benzene rings is 1. The molecule has 2 N–H and O–H groups in total. The van der Waals surface area contributed by atoms with Gasteiger partial charge in [-0.05, 0) is 55.7 Å². The lowest BCUT2D eigenvalue weighted by Crippen LogP contribution is -2.11. The Bertz CT molecular complexity index is 578. The number of nitrogens with zero attached hydrogens (tertiary/aromatic N) is 2. The minimum atomic E-state index is 0.448. The second kappa shape index (κ2) is 7.34. The van der Waals surface area contributed by atoms with Gasteiger partial charge in [-0.2, -0.15) is 0 Å². The lowest BCUT2D eigenvalue weighted by molar-refractivity contribution is 0.403. The van der Waals surface area contributed by atoms with Crippen LogP contribution in [0.25, 0.3) is 11.1 Å². The van der Waals surface area contributed by atoms with Crippen molar-refractivity contribution in [3.63, 3.8) is 0 Å². The SMILES string of the molecule is CC(CCN)c1cncc(-c2ccccc2CN(C)C)c1. The highest BCUT2D eigenvalue weighted by Gasteiger charge is 2.09. The monoisotopic (exact) mass is 283 g/mol. The molecular weight excluding hydrogens is 258 g/mol. The average Bonchev–Trinajstić information content (AvgIpc) is 2.47. The van der Waals surface area contributed by atoms with Gasteiger partial charge >= 0.3 is 0 Å². The number of pyridine rings is 1. The van der Waals surface area contributed by atoms with Crippen LogP contribution in [0, 0.1) is 0 Å². The Morgan fingerprint density at radius 1 is 1.19 bits per heavy atom. The summed E-state index contributed by atoms with van der Waals surface area (Å²) in [7, 11) is 4.18. The number of aromatic nitrogens is 1. The van der Waals surface area contributed by atoms with Crippen molar-refractivity contribution in [3.05, 3.63) is 53.9 Å². The van der Waals surface area contributed by atoms with E-state index in [0.29, 0.717) is 12.5 Å². The van der Waals surface area contributed by atoms with Gasteiger partial charge < -0.3 is 10.6 Å². The first kappa shape index (κ1) is 15.7. The molecule has 1 aromatic heterocycles. The van der Waals surface area contributed by atoms with Gasteiger partial charge in [0.05, 0.1) is 0 Å². The van der Waals surface area contributed by atoms with Crippen molar-refractivity contribution < 1.29 is 0 Å². The van der Waals surface area contributed by atoms with Crippen LogP contribution in [0.15, 0.2) is 42.7 Å². The van der Waals surface area contributed by atoms with E-state index in [0.717, 1.165) is 13.0 Å². The minimum absolute atomic E-state index is 0.448. The molecule has 3 nitrogen and oxygen atoms in total. The second-order valence-electron chi connectivity index (χ2n) is 5.88. The van der Waals surface area contributed by atoms with Crippen LogP contribution in [0.2, 0.25) is 0 Å². The quantitative estimate of drug-likeness (QED) is 0.884. The summed E-state index contributed by atoms with van der Waals surface area (Å²) in [5.41, 5.74) is 10.7. The molecule has 0 aliphatic rings. The zero-order valence-corrected chi connectivity index (χ0v) is 13.2. The topological polar surface area (TPSA) is 42.1 Å². The van der Waals surface area contributed by atoms with Gasteiger partial charge in [0.1, 0.15) is 0 Å². The predicted octanol–water partition coefficient (Wildman–Crippen LogP) is 3.26. The van der Waals surface area contributed by atoms with Crippen LogP contribution in [-0.4, -0.2) is 30.5 Å². The summed E-state index contributed by atoms with van der Waals surface area (Å²) in [5.74, 6) is 0.448.